The molecule has 1 aliphatic rings. The molecule has 0 saturated heterocycles. The van der Waals surface area contributed by atoms with Crippen LogP contribution in [0.5, 0.6) is 0 Å². The van der Waals surface area contributed by atoms with Crippen molar-refractivity contribution in [2.75, 3.05) is 0 Å². The van der Waals surface area contributed by atoms with Crippen molar-refractivity contribution in [3.8, 4) is 0 Å². The second-order valence-electron chi connectivity index (χ2n) is 6.32. The number of fused-ring (bicyclic) bond motifs is 1. The summed E-state index contributed by atoms with van der Waals surface area (Å²) in [5, 5.41) is 4.68. The zero-order valence-corrected chi connectivity index (χ0v) is 13.0. The number of aromatic nitrogens is 1. The average molecular weight is 304 g/mol. The topological polar surface area (TPSA) is 44.9 Å². The zero-order valence-electron chi connectivity index (χ0n) is 13.0. The Morgan fingerprint density at radius 3 is 2.57 bits per heavy atom. The van der Waals surface area contributed by atoms with Crippen LogP contribution in [0.2, 0.25) is 0 Å². The molecule has 0 amide bonds. The van der Waals surface area contributed by atoms with Gasteiger partial charge in [-0.3, -0.25) is 4.79 Å². The lowest BCUT2D eigenvalue weighted by Gasteiger charge is -2.18. The van der Waals surface area contributed by atoms with Crippen molar-refractivity contribution in [2.24, 2.45) is 5.92 Å². The molecule has 0 spiro atoms. The van der Waals surface area contributed by atoms with Gasteiger partial charge in [-0.15, -0.1) is 0 Å². The van der Waals surface area contributed by atoms with Crippen LogP contribution < -0.4 is 10.9 Å². The van der Waals surface area contributed by atoms with Gasteiger partial charge >= 0.3 is 0 Å². The Morgan fingerprint density at radius 1 is 1.04 bits per heavy atom. The Kier molecular flexibility index (Phi) is 3.72. The van der Waals surface area contributed by atoms with E-state index in [1.807, 2.05) is 36.4 Å². The number of pyridine rings is 1. The van der Waals surface area contributed by atoms with Crippen LogP contribution >= 0.6 is 0 Å². The first kappa shape index (κ1) is 14.2. The highest BCUT2D eigenvalue weighted by molar-refractivity contribution is 5.78. The fourth-order valence-corrected chi connectivity index (χ4v) is 3.19. The summed E-state index contributed by atoms with van der Waals surface area (Å²) in [6, 6.07) is 20.8. The molecule has 2 N–H and O–H groups in total. The molecular formula is C20H20N2O. The van der Waals surface area contributed by atoms with Crippen molar-refractivity contribution >= 4 is 10.9 Å². The molecule has 3 aromatic rings. The Hall–Kier alpha value is -2.39. The lowest BCUT2D eigenvalue weighted by atomic mass is 10.0. The van der Waals surface area contributed by atoms with Crippen molar-refractivity contribution < 1.29 is 0 Å². The Labute approximate surface area is 135 Å². The summed E-state index contributed by atoms with van der Waals surface area (Å²) in [4.78, 5) is 15.2. The van der Waals surface area contributed by atoms with Gasteiger partial charge in [0, 0.05) is 23.7 Å². The van der Waals surface area contributed by atoms with Crippen LogP contribution in [0.1, 0.15) is 30.0 Å². The van der Waals surface area contributed by atoms with Crippen molar-refractivity contribution in [2.45, 2.75) is 25.4 Å². The zero-order chi connectivity index (χ0) is 15.6. The molecule has 0 aliphatic heterocycles. The smallest absolute Gasteiger partial charge is 0.252 e. The van der Waals surface area contributed by atoms with E-state index in [0.29, 0.717) is 18.5 Å². The summed E-state index contributed by atoms with van der Waals surface area (Å²) in [5.41, 5.74) is 3.00. The first-order valence-corrected chi connectivity index (χ1v) is 8.20. The van der Waals surface area contributed by atoms with E-state index in [2.05, 4.69) is 34.6 Å². The molecule has 2 aromatic carbocycles. The molecule has 3 nitrogen and oxygen atoms in total. The maximum atomic E-state index is 12.3. The maximum absolute atomic E-state index is 12.3. The summed E-state index contributed by atoms with van der Waals surface area (Å²) in [6.45, 7) is 0.593. The average Bonchev–Trinajstić information content (AvgIpc) is 3.41. The maximum Gasteiger partial charge on any atom is 0.252 e. The number of hydrogen-bond acceptors (Lipinski definition) is 2. The number of nitrogens with one attached hydrogen (secondary N) is 2. The van der Waals surface area contributed by atoms with E-state index in [1.54, 1.807) is 0 Å². The minimum atomic E-state index is -0.00110. The van der Waals surface area contributed by atoms with Gasteiger partial charge in [-0.1, -0.05) is 48.5 Å². The molecule has 0 radical (unpaired) electrons. The summed E-state index contributed by atoms with van der Waals surface area (Å²) in [6.07, 6.45) is 2.53. The Morgan fingerprint density at radius 2 is 1.78 bits per heavy atom. The van der Waals surface area contributed by atoms with Gasteiger partial charge in [0.2, 0.25) is 0 Å². The Bertz CT molecular complexity index is 865. The second kappa shape index (κ2) is 6.01. The van der Waals surface area contributed by atoms with Gasteiger partial charge in [0.05, 0.1) is 0 Å². The van der Waals surface area contributed by atoms with Gasteiger partial charge < -0.3 is 10.3 Å². The minimum absolute atomic E-state index is 0.00110. The highest BCUT2D eigenvalue weighted by atomic mass is 16.1. The van der Waals surface area contributed by atoms with Crippen LogP contribution in [-0.4, -0.2) is 4.98 Å². The van der Waals surface area contributed by atoms with Crippen molar-refractivity contribution in [3.63, 3.8) is 0 Å². The standard InChI is InChI=1S/C20H20N2O/c23-20-17(12-16-8-4-5-9-18(16)22-20)13-21-19(15-10-11-15)14-6-2-1-3-7-14/h1-9,12,15,19,21H,10-11,13H2,(H,22,23). The van der Waals surface area contributed by atoms with Crippen molar-refractivity contribution in [1.82, 2.24) is 10.3 Å². The van der Waals surface area contributed by atoms with Gasteiger partial charge in [-0.25, -0.2) is 0 Å². The van der Waals surface area contributed by atoms with E-state index in [4.69, 9.17) is 0 Å². The summed E-state index contributed by atoms with van der Waals surface area (Å²) in [7, 11) is 0. The monoisotopic (exact) mass is 304 g/mol. The van der Waals surface area contributed by atoms with Gasteiger partial charge in [0.15, 0.2) is 0 Å². The normalized spacial score (nSPS) is 15.7. The third-order valence-electron chi connectivity index (χ3n) is 4.59. The van der Waals surface area contributed by atoms with Crippen molar-refractivity contribution in [1.29, 1.82) is 0 Å². The molecule has 1 heterocycles. The van der Waals surface area contributed by atoms with Crippen LogP contribution in [-0.2, 0) is 6.54 Å². The number of benzene rings is 2. The molecule has 1 unspecified atom stereocenters. The molecule has 1 saturated carbocycles. The quantitative estimate of drug-likeness (QED) is 0.753. The predicted octanol–water partition coefficient (Wildman–Crippen LogP) is 3.77. The third kappa shape index (κ3) is 3.06. The molecule has 116 valence electrons. The number of rotatable bonds is 5. The SMILES string of the molecule is O=c1[nH]c2ccccc2cc1CNC(c1ccccc1)C1CC1. The number of aromatic amines is 1. The fourth-order valence-electron chi connectivity index (χ4n) is 3.19. The lowest BCUT2D eigenvalue weighted by Crippen LogP contribution is -2.26. The van der Waals surface area contributed by atoms with E-state index in [1.165, 1.54) is 18.4 Å². The molecule has 3 heteroatoms. The number of para-hydroxylation sites is 1. The predicted molar refractivity (Wildman–Crippen MR) is 93.3 cm³/mol. The number of H-pyrrole nitrogens is 1. The second-order valence-corrected chi connectivity index (χ2v) is 6.32. The molecule has 4 rings (SSSR count). The summed E-state index contributed by atoms with van der Waals surface area (Å²) >= 11 is 0. The van der Waals surface area contributed by atoms with Gasteiger partial charge in [0.1, 0.15) is 0 Å². The van der Waals surface area contributed by atoms with E-state index >= 15 is 0 Å². The highest BCUT2D eigenvalue weighted by Crippen LogP contribution is 2.41. The Balaban J connectivity index is 1.58. The van der Waals surface area contributed by atoms with E-state index in [9.17, 15) is 4.79 Å². The molecule has 1 aromatic heterocycles. The lowest BCUT2D eigenvalue weighted by molar-refractivity contribution is 0.479. The van der Waals surface area contributed by atoms with Crippen LogP contribution in [0.4, 0.5) is 0 Å². The first-order chi connectivity index (χ1) is 11.3. The highest BCUT2D eigenvalue weighted by Gasteiger charge is 2.31. The van der Waals surface area contributed by atoms with Gasteiger partial charge in [-0.2, -0.15) is 0 Å². The van der Waals surface area contributed by atoms with Gasteiger partial charge in [-0.05, 0) is 41.8 Å². The molecule has 0 bridgehead atoms. The first-order valence-electron chi connectivity index (χ1n) is 8.20. The molecule has 1 atom stereocenters. The summed E-state index contributed by atoms with van der Waals surface area (Å²) in [5.74, 6) is 0.692. The fraction of sp³-hybridized carbons (Fsp3) is 0.250. The third-order valence-corrected chi connectivity index (χ3v) is 4.59. The van der Waals surface area contributed by atoms with Crippen LogP contribution in [0.15, 0.2) is 65.5 Å². The largest absolute Gasteiger partial charge is 0.322 e. The van der Waals surface area contributed by atoms with Crippen molar-refractivity contribution in [3.05, 3.63) is 82.1 Å². The summed E-state index contributed by atoms with van der Waals surface area (Å²) < 4.78 is 0. The van der Waals surface area contributed by atoms with Crippen LogP contribution in [0.25, 0.3) is 10.9 Å². The van der Waals surface area contributed by atoms with E-state index < -0.39 is 0 Å². The molecule has 23 heavy (non-hydrogen) atoms. The molecule has 1 aliphatic carbocycles. The van der Waals surface area contributed by atoms with Crippen LogP contribution in [0.3, 0.4) is 0 Å². The van der Waals surface area contributed by atoms with Crippen LogP contribution in [0, 0.1) is 5.92 Å². The molecular weight excluding hydrogens is 284 g/mol. The number of hydrogen-bond donors (Lipinski definition) is 2. The van der Waals surface area contributed by atoms with E-state index in [-0.39, 0.29) is 5.56 Å². The minimum Gasteiger partial charge on any atom is -0.322 e. The van der Waals surface area contributed by atoms with Gasteiger partial charge in [0.25, 0.3) is 5.56 Å². The molecule has 1 fully saturated rings. The van der Waals surface area contributed by atoms with E-state index in [0.717, 1.165) is 16.5 Å².